The highest BCUT2D eigenvalue weighted by Crippen LogP contribution is 2.34. The molecule has 0 heterocycles. The van der Waals surface area contributed by atoms with E-state index < -0.39 is 11.7 Å². The standard InChI is InChI=1S/C23H33NO5/c1-4-5-10-14-23(3,29)15-13-19-18(20(26)16-21(19)27)11-8-6-7-9-12-22(28)24-17(2)25/h6,8,13,15,18-19,21,27,29H,7,9-12,14,16H2,1-3H3,(H,24,25,28)/b8-6-,15-13+/t18-,19-,21-,23?/m1/s1. The molecule has 0 radical (unpaired) electrons. The van der Waals surface area contributed by atoms with Crippen LogP contribution in [0.15, 0.2) is 24.3 Å². The number of unbranched alkanes of at least 4 members (excludes halogenated alkanes) is 1. The first-order valence-corrected chi connectivity index (χ1v) is 10.1. The summed E-state index contributed by atoms with van der Waals surface area (Å²) < 4.78 is 0. The highest BCUT2D eigenvalue weighted by Gasteiger charge is 2.39. The molecule has 4 atom stereocenters. The normalized spacial score (nSPS) is 23.8. The number of aliphatic hydroxyl groups is 2. The van der Waals surface area contributed by atoms with Crippen LogP contribution in [0, 0.1) is 23.7 Å². The molecule has 1 saturated carbocycles. The summed E-state index contributed by atoms with van der Waals surface area (Å²) in [4.78, 5) is 34.4. The number of hydrogen-bond acceptors (Lipinski definition) is 5. The van der Waals surface area contributed by atoms with E-state index in [9.17, 15) is 24.6 Å². The van der Waals surface area contributed by atoms with Crippen LogP contribution in [0.4, 0.5) is 0 Å². The zero-order chi connectivity index (χ0) is 21.9. The Balaban J connectivity index is 2.54. The van der Waals surface area contributed by atoms with E-state index in [1.807, 2.05) is 12.2 Å². The van der Waals surface area contributed by atoms with Crippen LogP contribution < -0.4 is 5.32 Å². The Bertz CT molecular complexity index is 696. The van der Waals surface area contributed by atoms with Crippen LogP contribution in [0.1, 0.15) is 65.7 Å². The van der Waals surface area contributed by atoms with Crippen molar-refractivity contribution in [3.05, 3.63) is 24.3 Å². The number of aliphatic hydroxyl groups excluding tert-OH is 1. The zero-order valence-corrected chi connectivity index (χ0v) is 17.6. The molecule has 6 nitrogen and oxygen atoms in total. The van der Waals surface area contributed by atoms with Crippen molar-refractivity contribution in [3.8, 4) is 11.8 Å². The molecule has 2 amide bonds. The molecule has 0 aliphatic heterocycles. The third-order valence-electron chi connectivity index (χ3n) is 4.99. The molecule has 0 aromatic rings. The molecule has 0 aromatic carbocycles. The minimum atomic E-state index is -1.03. The number of Topliss-reactive ketones (excluding diaryl/α,β-unsaturated/α-hetero) is 1. The van der Waals surface area contributed by atoms with Crippen molar-refractivity contribution in [3.63, 3.8) is 0 Å². The Labute approximate surface area is 173 Å². The van der Waals surface area contributed by atoms with Crippen molar-refractivity contribution in [2.75, 3.05) is 0 Å². The van der Waals surface area contributed by atoms with Crippen LogP contribution in [0.25, 0.3) is 0 Å². The van der Waals surface area contributed by atoms with Gasteiger partial charge < -0.3 is 10.2 Å². The first-order valence-electron chi connectivity index (χ1n) is 10.1. The molecule has 1 aliphatic carbocycles. The van der Waals surface area contributed by atoms with E-state index in [0.717, 1.165) is 0 Å². The quantitative estimate of drug-likeness (QED) is 0.295. The Morgan fingerprint density at radius 2 is 2.07 bits per heavy atom. The second kappa shape index (κ2) is 12.4. The van der Waals surface area contributed by atoms with Crippen molar-refractivity contribution in [1.82, 2.24) is 5.32 Å². The Morgan fingerprint density at radius 3 is 2.72 bits per heavy atom. The largest absolute Gasteiger partial charge is 0.392 e. The zero-order valence-electron chi connectivity index (χ0n) is 17.6. The van der Waals surface area contributed by atoms with Crippen LogP contribution in [-0.4, -0.2) is 39.5 Å². The monoisotopic (exact) mass is 403 g/mol. The van der Waals surface area contributed by atoms with Crippen LogP contribution in [0.2, 0.25) is 0 Å². The van der Waals surface area contributed by atoms with Crippen molar-refractivity contribution < 1.29 is 24.6 Å². The minimum absolute atomic E-state index is 0.0223. The summed E-state index contributed by atoms with van der Waals surface area (Å²) in [6, 6.07) is 0. The lowest BCUT2D eigenvalue weighted by atomic mass is 9.88. The second-order valence-electron chi connectivity index (χ2n) is 7.77. The van der Waals surface area contributed by atoms with E-state index >= 15 is 0 Å². The maximum atomic E-state index is 12.2. The van der Waals surface area contributed by atoms with Gasteiger partial charge in [0.25, 0.3) is 0 Å². The van der Waals surface area contributed by atoms with E-state index in [4.69, 9.17) is 0 Å². The minimum Gasteiger partial charge on any atom is -0.392 e. The van der Waals surface area contributed by atoms with Gasteiger partial charge in [0.15, 0.2) is 0 Å². The maximum absolute atomic E-state index is 12.2. The predicted octanol–water partition coefficient (Wildman–Crippen LogP) is 2.44. The van der Waals surface area contributed by atoms with E-state index in [1.54, 1.807) is 26.0 Å². The predicted molar refractivity (Wildman–Crippen MR) is 111 cm³/mol. The highest BCUT2D eigenvalue weighted by atomic mass is 16.3. The molecule has 0 spiro atoms. The molecular formula is C23H33NO5. The number of amides is 2. The van der Waals surface area contributed by atoms with Crippen LogP contribution in [0.5, 0.6) is 0 Å². The van der Waals surface area contributed by atoms with Crippen molar-refractivity contribution in [2.45, 2.75) is 77.4 Å². The average Bonchev–Trinajstić information content (AvgIpc) is 2.88. The molecule has 160 valence electrons. The third-order valence-corrected chi connectivity index (χ3v) is 4.99. The summed E-state index contributed by atoms with van der Waals surface area (Å²) in [6.45, 7) is 4.75. The number of carbonyl (C=O) groups excluding carboxylic acids is 3. The Morgan fingerprint density at radius 1 is 1.34 bits per heavy atom. The van der Waals surface area contributed by atoms with Gasteiger partial charge in [-0.05, 0) is 39.5 Å². The van der Waals surface area contributed by atoms with Gasteiger partial charge in [0.2, 0.25) is 11.8 Å². The number of nitrogens with one attached hydrogen (secondary N) is 1. The number of allylic oxidation sites excluding steroid dienone is 2. The van der Waals surface area contributed by atoms with Crippen LogP contribution >= 0.6 is 0 Å². The summed E-state index contributed by atoms with van der Waals surface area (Å²) in [5.41, 5.74) is -1.03. The highest BCUT2D eigenvalue weighted by molar-refractivity contribution is 5.93. The lowest BCUT2D eigenvalue weighted by Crippen LogP contribution is -2.27. The van der Waals surface area contributed by atoms with Gasteiger partial charge in [-0.15, -0.1) is 11.8 Å². The molecule has 29 heavy (non-hydrogen) atoms. The number of ketones is 1. The fourth-order valence-electron chi connectivity index (χ4n) is 3.37. The second-order valence-corrected chi connectivity index (χ2v) is 7.77. The van der Waals surface area contributed by atoms with Gasteiger partial charge in [0.05, 0.1) is 11.7 Å². The van der Waals surface area contributed by atoms with Crippen molar-refractivity contribution in [1.29, 1.82) is 0 Å². The lowest BCUT2D eigenvalue weighted by molar-refractivity contribution is -0.129. The average molecular weight is 404 g/mol. The van der Waals surface area contributed by atoms with E-state index in [-0.39, 0.29) is 42.3 Å². The van der Waals surface area contributed by atoms with Crippen molar-refractivity contribution in [2.24, 2.45) is 11.8 Å². The van der Waals surface area contributed by atoms with Gasteiger partial charge in [0.1, 0.15) is 5.78 Å². The molecule has 1 rings (SSSR count). The summed E-state index contributed by atoms with van der Waals surface area (Å²) in [6.07, 6.45) is 9.77. The summed E-state index contributed by atoms with van der Waals surface area (Å²) in [7, 11) is 0. The molecule has 1 fully saturated rings. The van der Waals surface area contributed by atoms with Crippen molar-refractivity contribution >= 4 is 17.6 Å². The van der Waals surface area contributed by atoms with Crippen LogP contribution in [-0.2, 0) is 14.4 Å². The van der Waals surface area contributed by atoms with Gasteiger partial charge in [-0.1, -0.05) is 24.3 Å². The molecule has 1 aliphatic rings. The van der Waals surface area contributed by atoms with Gasteiger partial charge in [-0.25, -0.2) is 0 Å². The third kappa shape index (κ3) is 9.69. The van der Waals surface area contributed by atoms with E-state index in [1.165, 1.54) is 6.92 Å². The molecule has 0 bridgehead atoms. The molecule has 1 unspecified atom stereocenters. The topological polar surface area (TPSA) is 104 Å². The Kier molecular flexibility index (Phi) is 10.6. The number of imide groups is 1. The van der Waals surface area contributed by atoms with E-state index in [2.05, 4.69) is 17.2 Å². The summed E-state index contributed by atoms with van der Waals surface area (Å²) >= 11 is 0. The summed E-state index contributed by atoms with van der Waals surface area (Å²) in [5, 5.41) is 22.9. The molecule has 6 heteroatoms. The molecule has 0 saturated heterocycles. The lowest BCUT2D eigenvalue weighted by Gasteiger charge is -2.21. The molecule has 3 N–H and O–H groups in total. The maximum Gasteiger partial charge on any atom is 0.226 e. The fraction of sp³-hybridized carbons (Fsp3) is 0.609. The van der Waals surface area contributed by atoms with Gasteiger partial charge >= 0.3 is 0 Å². The Hall–Kier alpha value is -2.23. The molecular weight excluding hydrogens is 370 g/mol. The van der Waals surface area contributed by atoms with Gasteiger partial charge in [-0.2, -0.15) is 0 Å². The molecule has 0 aromatic heterocycles. The number of carbonyl (C=O) groups is 3. The van der Waals surface area contributed by atoms with E-state index in [0.29, 0.717) is 32.1 Å². The fourth-order valence-corrected chi connectivity index (χ4v) is 3.37. The number of rotatable bonds is 10. The van der Waals surface area contributed by atoms with Crippen LogP contribution in [0.3, 0.4) is 0 Å². The smallest absolute Gasteiger partial charge is 0.226 e. The first kappa shape index (κ1) is 24.8. The van der Waals surface area contributed by atoms with Gasteiger partial charge in [0, 0.05) is 38.0 Å². The SMILES string of the molecule is CC#CCCC(C)(O)/C=C/[C@H]1[C@H](O)CC(=O)[C@@H]1C/C=C\CCCC(=O)NC(C)=O. The first-order chi connectivity index (χ1) is 13.7. The summed E-state index contributed by atoms with van der Waals surface area (Å²) in [5.74, 6) is 4.45. The van der Waals surface area contributed by atoms with Gasteiger partial charge in [-0.3, -0.25) is 19.7 Å². The number of hydrogen-bond donors (Lipinski definition) is 3.